The maximum atomic E-state index is 12.0. The van der Waals surface area contributed by atoms with Crippen molar-refractivity contribution in [2.24, 2.45) is 0 Å². The number of rotatable bonds is 4. The van der Waals surface area contributed by atoms with Crippen molar-refractivity contribution in [3.8, 4) is 0 Å². The Morgan fingerprint density at radius 3 is 2.81 bits per heavy atom. The van der Waals surface area contributed by atoms with Gasteiger partial charge in [-0.05, 0) is 52.3 Å². The molecule has 1 saturated heterocycles. The molecule has 2 rings (SSSR count). The standard InChI is InChI=1S/C15H24BrN4O/c1-14(2)7-6-10-19(14)12-9-17-13(21)18-20-11-5-4-8-15(20,3)16/h4-5,11H,6-7,9-10,12H2,1-3H3,(H2,17,18,21). The molecule has 0 aromatic heterocycles. The first-order chi connectivity index (χ1) is 9.81. The molecule has 21 heavy (non-hydrogen) atoms. The van der Waals surface area contributed by atoms with Crippen LogP contribution in [0.25, 0.3) is 0 Å². The monoisotopic (exact) mass is 355 g/mol. The molecular formula is C15H24BrN4O. The van der Waals surface area contributed by atoms with Gasteiger partial charge in [0.2, 0.25) is 0 Å². The van der Waals surface area contributed by atoms with E-state index >= 15 is 0 Å². The highest BCUT2D eigenvalue weighted by molar-refractivity contribution is 9.10. The predicted molar refractivity (Wildman–Crippen MR) is 87.5 cm³/mol. The van der Waals surface area contributed by atoms with E-state index in [1.54, 1.807) is 11.2 Å². The Morgan fingerprint density at radius 2 is 2.19 bits per heavy atom. The molecule has 0 aliphatic carbocycles. The van der Waals surface area contributed by atoms with Crippen molar-refractivity contribution in [3.63, 3.8) is 0 Å². The number of hydrogen-bond donors (Lipinski definition) is 2. The van der Waals surface area contributed by atoms with Crippen LogP contribution in [-0.4, -0.2) is 45.6 Å². The Hall–Kier alpha value is -1.01. The van der Waals surface area contributed by atoms with Crippen molar-refractivity contribution in [1.29, 1.82) is 0 Å². The van der Waals surface area contributed by atoms with Gasteiger partial charge in [-0.2, -0.15) is 0 Å². The Balaban J connectivity index is 1.73. The molecule has 2 aliphatic rings. The van der Waals surface area contributed by atoms with Crippen LogP contribution in [0.15, 0.2) is 18.4 Å². The van der Waals surface area contributed by atoms with Gasteiger partial charge in [-0.15, -0.1) is 0 Å². The van der Waals surface area contributed by atoms with Gasteiger partial charge in [0, 0.05) is 24.8 Å². The second-order valence-corrected chi connectivity index (χ2v) is 7.79. The molecule has 0 spiro atoms. The summed E-state index contributed by atoms with van der Waals surface area (Å²) in [7, 11) is 0. The van der Waals surface area contributed by atoms with E-state index in [2.05, 4.69) is 51.5 Å². The quantitative estimate of drug-likeness (QED) is 0.601. The average Bonchev–Trinajstić information content (AvgIpc) is 2.71. The summed E-state index contributed by atoms with van der Waals surface area (Å²) in [6, 6.07) is -0.203. The van der Waals surface area contributed by atoms with Gasteiger partial charge in [-0.25, -0.2) is 10.2 Å². The zero-order chi connectivity index (χ0) is 15.5. The fourth-order valence-electron chi connectivity index (χ4n) is 2.71. The molecule has 0 aromatic rings. The number of amides is 2. The molecule has 2 aliphatic heterocycles. The molecule has 6 heteroatoms. The van der Waals surface area contributed by atoms with E-state index in [4.69, 9.17) is 0 Å². The third-order valence-corrected chi connectivity index (χ3v) is 4.70. The summed E-state index contributed by atoms with van der Waals surface area (Å²) in [6.07, 6.45) is 11.0. The number of carbonyl (C=O) groups excluding carboxylic acids is 1. The lowest BCUT2D eigenvalue weighted by Crippen LogP contribution is -2.53. The van der Waals surface area contributed by atoms with Crippen molar-refractivity contribution >= 4 is 22.0 Å². The van der Waals surface area contributed by atoms with E-state index in [0.29, 0.717) is 6.54 Å². The second-order valence-electron chi connectivity index (χ2n) is 6.25. The van der Waals surface area contributed by atoms with Crippen LogP contribution in [0.3, 0.4) is 0 Å². The first-order valence-electron chi connectivity index (χ1n) is 7.37. The minimum absolute atomic E-state index is 0.203. The second kappa shape index (κ2) is 6.40. The summed E-state index contributed by atoms with van der Waals surface area (Å²) in [5.41, 5.74) is 3.06. The molecular weight excluding hydrogens is 332 g/mol. The van der Waals surface area contributed by atoms with Gasteiger partial charge >= 0.3 is 6.03 Å². The number of hydrogen-bond acceptors (Lipinski definition) is 3. The van der Waals surface area contributed by atoms with Gasteiger partial charge in [-0.1, -0.05) is 22.0 Å². The number of halogens is 1. The van der Waals surface area contributed by atoms with Crippen LogP contribution in [0, 0.1) is 6.08 Å². The zero-order valence-corrected chi connectivity index (χ0v) is 14.5. The molecule has 0 saturated carbocycles. The van der Waals surface area contributed by atoms with Crippen molar-refractivity contribution in [2.45, 2.75) is 43.6 Å². The zero-order valence-electron chi connectivity index (χ0n) is 12.9. The normalized spacial score (nSPS) is 27.9. The van der Waals surface area contributed by atoms with E-state index in [1.165, 1.54) is 12.8 Å². The summed E-state index contributed by atoms with van der Waals surface area (Å²) < 4.78 is -0.518. The molecule has 1 atom stereocenters. The van der Waals surface area contributed by atoms with Crippen LogP contribution in [-0.2, 0) is 0 Å². The maximum Gasteiger partial charge on any atom is 0.333 e. The summed E-state index contributed by atoms with van der Waals surface area (Å²) in [4.78, 5) is 14.4. The van der Waals surface area contributed by atoms with Gasteiger partial charge in [0.1, 0.15) is 4.45 Å². The van der Waals surface area contributed by atoms with Crippen LogP contribution in [0.5, 0.6) is 0 Å². The van der Waals surface area contributed by atoms with E-state index in [0.717, 1.165) is 13.1 Å². The highest BCUT2D eigenvalue weighted by atomic mass is 79.9. The molecule has 0 bridgehead atoms. The van der Waals surface area contributed by atoms with E-state index < -0.39 is 4.45 Å². The molecule has 1 radical (unpaired) electrons. The number of allylic oxidation sites excluding steroid dienone is 2. The van der Waals surface area contributed by atoms with Crippen LogP contribution in [0.1, 0.15) is 33.6 Å². The third kappa shape index (κ3) is 4.23. The summed E-state index contributed by atoms with van der Waals surface area (Å²) >= 11 is 3.51. The maximum absolute atomic E-state index is 12.0. The smallest absolute Gasteiger partial charge is 0.333 e. The van der Waals surface area contributed by atoms with Crippen molar-refractivity contribution < 1.29 is 4.79 Å². The third-order valence-electron chi connectivity index (χ3n) is 4.09. The topological polar surface area (TPSA) is 47.6 Å². The van der Waals surface area contributed by atoms with Crippen LogP contribution < -0.4 is 10.7 Å². The van der Waals surface area contributed by atoms with E-state index in [-0.39, 0.29) is 11.6 Å². The minimum Gasteiger partial charge on any atom is -0.335 e. The lowest BCUT2D eigenvalue weighted by molar-refractivity contribution is 0.168. The summed E-state index contributed by atoms with van der Waals surface area (Å²) in [5.74, 6) is 0. The molecule has 117 valence electrons. The number of nitrogens with zero attached hydrogens (tertiary/aromatic N) is 2. The highest BCUT2D eigenvalue weighted by Crippen LogP contribution is 2.27. The minimum atomic E-state index is -0.518. The molecule has 5 nitrogen and oxygen atoms in total. The predicted octanol–water partition coefficient (Wildman–Crippen LogP) is 2.37. The molecule has 2 amide bonds. The summed E-state index contributed by atoms with van der Waals surface area (Å²) in [5, 5.41) is 4.59. The van der Waals surface area contributed by atoms with E-state index in [9.17, 15) is 4.79 Å². The molecule has 1 fully saturated rings. The van der Waals surface area contributed by atoms with Gasteiger partial charge in [0.05, 0.1) is 0 Å². The van der Waals surface area contributed by atoms with Gasteiger partial charge < -0.3 is 5.32 Å². The SMILES string of the molecule is CC1(Br)[C]=CC=CN1NC(=O)NCCN1CCCC1(C)C. The fourth-order valence-corrected chi connectivity index (χ4v) is 3.05. The van der Waals surface area contributed by atoms with Crippen molar-refractivity contribution in [3.05, 3.63) is 24.4 Å². The lowest BCUT2D eigenvalue weighted by atomic mass is 10.0. The van der Waals surface area contributed by atoms with Gasteiger partial charge in [0.25, 0.3) is 0 Å². The largest absolute Gasteiger partial charge is 0.335 e. The van der Waals surface area contributed by atoms with Crippen molar-refractivity contribution in [2.75, 3.05) is 19.6 Å². The number of nitrogens with one attached hydrogen (secondary N) is 2. The number of urea groups is 1. The first kappa shape index (κ1) is 16.4. The number of alkyl halides is 1. The van der Waals surface area contributed by atoms with Crippen molar-refractivity contribution in [1.82, 2.24) is 20.7 Å². The van der Waals surface area contributed by atoms with E-state index in [1.807, 2.05) is 19.1 Å². The number of likely N-dealkylation sites (tertiary alicyclic amines) is 1. The van der Waals surface area contributed by atoms with Crippen LogP contribution in [0.2, 0.25) is 0 Å². The average molecular weight is 356 g/mol. The Morgan fingerprint density at radius 1 is 1.43 bits per heavy atom. The fraction of sp³-hybridized carbons (Fsp3) is 0.667. The number of hydrazine groups is 1. The Labute approximate surface area is 135 Å². The summed E-state index contributed by atoms with van der Waals surface area (Å²) in [6.45, 7) is 9.08. The molecule has 0 aromatic carbocycles. The molecule has 1 unspecified atom stereocenters. The lowest BCUT2D eigenvalue weighted by Gasteiger charge is -2.35. The molecule has 2 N–H and O–H groups in total. The Bertz CT molecular complexity index is 445. The first-order valence-corrected chi connectivity index (χ1v) is 8.16. The number of carbonyl (C=O) groups is 1. The Kier molecular flexibility index (Phi) is 4.99. The van der Waals surface area contributed by atoms with Crippen LogP contribution in [0.4, 0.5) is 4.79 Å². The molecule has 2 heterocycles. The van der Waals surface area contributed by atoms with Gasteiger partial charge in [-0.3, -0.25) is 9.91 Å². The van der Waals surface area contributed by atoms with Gasteiger partial charge in [0.15, 0.2) is 0 Å². The van der Waals surface area contributed by atoms with Crippen LogP contribution >= 0.6 is 15.9 Å². The highest BCUT2D eigenvalue weighted by Gasteiger charge is 2.31.